The van der Waals surface area contributed by atoms with E-state index in [4.69, 9.17) is 0 Å². The van der Waals surface area contributed by atoms with Gasteiger partial charge in [0, 0.05) is 6.54 Å². The van der Waals surface area contributed by atoms with Crippen LogP contribution in [0.25, 0.3) is 0 Å². The van der Waals surface area contributed by atoms with Crippen LogP contribution in [0, 0.1) is 6.92 Å². The fraction of sp³-hybridized carbons (Fsp3) is 0.278. The Bertz CT molecular complexity index is 638. The third-order valence-electron chi connectivity index (χ3n) is 3.64. The number of hydrogen-bond donors (Lipinski definition) is 4. The molecule has 0 aliphatic carbocycles. The third kappa shape index (κ3) is 5.00. The Balaban J connectivity index is 1.84. The monoisotopic (exact) mass is 314 g/mol. The van der Waals surface area contributed by atoms with E-state index in [-0.39, 0.29) is 11.8 Å². The molecule has 0 aromatic heterocycles. The van der Waals surface area contributed by atoms with Gasteiger partial charge in [-0.05, 0) is 37.1 Å². The second kappa shape index (κ2) is 7.65. The second-order valence-electron chi connectivity index (χ2n) is 5.64. The lowest BCUT2D eigenvalue weighted by molar-refractivity contribution is 0.137. The first-order valence-corrected chi connectivity index (χ1v) is 7.52. The molecule has 0 saturated heterocycles. The minimum atomic E-state index is -0.847. The molecule has 0 spiro atoms. The first-order chi connectivity index (χ1) is 11.0. The Morgan fingerprint density at radius 3 is 2.30 bits per heavy atom. The predicted molar refractivity (Wildman–Crippen MR) is 89.1 cm³/mol. The number of aliphatic hydroxyl groups excluding tert-OH is 1. The minimum absolute atomic E-state index is 0.136. The lowest BCUT2D eigenvalue weighted by Crippen LogP contribution is -2.43. The van der Waals surface area contributed by atoms with E-state index in [0.29, 0.717) is 12.1 Å². The topological polar surface area (TPSA) is 81.6 Å². The highest BCUT2D eigenvalue weighted by Gasteiger charge is 2.18. The lowest BCUT2D eigenvalue weighted by Gasteiger charge is -2.21. The number of nitrogens with one attached hydrogen (secondary N) is 2. The van der Waals surface area contributed by atoms with Crippen LogP contribution in [0.3, 0.4) is 0 Å². The summed E-state index contributed by atoms with van der Waals surface area (Å²) < 4.78 is 0. The molecule has 0 heterocycles. The zero-order valence-electron chi connectivity index (χ0n) is 13.3. The number of carbonyl (C=O) groups is 1. The molecule has 2 atom stereocenters. The maximum absolute atomic E-state index is 11.9. The number of phenols is 1. The maximum Gasteiger partial charge on any atom is 0.315 e. The molecule has 4 N–H and O–H groups in total. The molecule has 0 aliphatic rings. The summed E-state index contributed by atoms with van der Waals surface area (Å²) in [5, 5.41) is 25.0. The molecule has 0 radical (unpaired) electrons. The summed E-state index contributed by atoms with van der Waals surface area (Å²) in [7, 11) is 0. The lowest BCUT2D eigenvalue weighted by atomic mass is 10.0. The molecule has 2 aromatic carbocycles. The van der Waals surface area contributed by atoms with Crippen LogP contribution in [0.4, 0.5) is 4.79 Å². The van der Waals surface area contributed by atoms with Gasteiger partial charge in [0.25, 0.3) is 0 Å². The molecule has 0 fully saturated rings. The highest BCUT2D eigenvalue weighted by atomic mass is 16.3. The first-order valence-electron chi connectivity index (χ1n) is 7.52. The van der Waals surface area contributed by atoms with Gasteiger partial charge in [0.15, 0.2) is 0 Å². The average Bonchev–Trinajstić information content (AvgIpc) is 2.54. The van der Waals surface area contributed by atoms with E-state index in [1.807, 2.05) is 31.2 Å². The van der Waals surface area contributed by atoms with E-state index in [1.165, 1.54) is 17.7 Å². The molecule has 0 saturated carbocycles. The summed E-state index contributed by atoms with van der Waals surface area (Å²) in [6.07, 6.45) is -0.847. The summed E-state index contributed by atoms with van der Waals surface area (Å²) >= 11 is 0. The molecule has 5 nitrogen and oxygen atoms in total. The van der Waals surface area contributed by atoms with E-state index in [2.05, 4.69) is 10.6 Å². The molecule has 2 amide bonds. The number of aromatic hydroxyl groups is 1. The van der Waals surface area contributed by atoms with Crippen LogP contribution < -0.4 is 10.6 Å². The van der Waals surface area contributed by atoms with Gasteiger partial charge in [0.05, 0.1) is 12.1 Å². The number of benzene rings is 2. The van der Waals surface area contributed by atoms with Crippen LogP contribution in [0.15, 0.2) is 48.5 Å². The van der Waals surface area contributed by atoms with Crippen LogP contribution in [-0.4, -0.2) is 22.3 Å². The van der Waals surface area contributed by atoms with E-state index >= 15 is 0 Å². The summed E-state index contributed by atoms with van der Waals surface area (Å²) in [4.78, 5) is 11.9. The summed E-state index contributed by atoms with van der Waals surface area (Å²) in [6, 6.07) is 13.4. The van der Waals surface area contributed by atoms with E-state index < -0.39 is 12.1 Å². The summed E-state index contributed by atoms with van der Waals surface area (Å²) in [6.45, 7) is 4.16. The quantitative estimate of drug-likeness (QED) is 0.685. The van der Waals surface area contributed by atoms with Crippen LogP contribution in [0.5, 0.6) is 5.75 Å². The number of rotatable bonds is 5. The van der Waals surface area contributed by atoms with Gasteiger partial charge in [-0.1, -0.05) is 42.0 Å². The van der Waals surface area contributed by atoms with Crippen molar-refractivity contribution in [3.8, 4) is 5.75 Å². The highest BCUT2D eigenvalue weighted by molar-refractivity contribution is 5.74. The van der Waals surface area contributed by atoms with Crippen molar-refractivity contribution in [1.82, 2.24) is 10.6 Å². The smallest absolute Gasteiger partial charge is 0.315 e. The Labute approximate surface area is 136 Å². The van der Waals surface area contributed by atoms with Gasteiger partial charge in [-0.3, -0.25) is 0 Å². The molecule has 0 unspecified atom stereocenters. The van der Waals surface area contributed by atoms with Crippen molar-refractivity contribution in [1.29, 1.82) is 0 Å². The number of carbonyl (C=O) groups excluding carboxylic acids is 1. The summed E-state index contributed by atoms with van der Waals surface area (Å²) in [5.74, 6) is 0.136. The minimum Gasteiger partial charge on any atom is -0.508 e. The highest BCUT2D eigenvalue weighted by Crippen LogP contribution is 2.19. The summed E-state index contributed by atoms with van der Waals surface area (Å²) in [5.41, 5.74) is 2.82. The standard InChI is InChI=1S/C18H22N2O3/c1-12-3-5-14(6-4-12)11-19-18(23)20-13(2)17(22)15-7-9-16(21)10-8-15/h3-10,13,17,21-22H,11H2,1-2H3,(H2,19,20,23)/t13-,17+/m1/s1. The Hall–Kier alpha value is -2.53. The number of phenolic OH excluding ortho intramolecular Hbond substituents is 1. The van der Waals surface area contributed by atoms with Crippen molar-refractivity contribution in [3.63, 3.8) is 0 Å². The number of urea groups is 1. The van der Waals surface area contributed by atoms with Crippen molar-refractivity contribution in [2.75, 3.05) is 0 Å². The number of aliphatic hydroxyl groups is 1. The van der Waals surface area contributed by atoms with Gasteiger partial charge < -0.3 is 20.8 Å². The van der Waals surface area contributed by atoms with E-state index in [1.54, 1.807) is 19.1 Å². The van der Waals surface area contributed by atoms with Crippen molar-refractivity contribution >= 4 is 6.03 Å². The van der Waals surface area contributed by atoms with Crippen molar-refractivity contribution in [3.05, 3.63) is 65.2 Å². The van der Waals surface area contributed by atoms with Gasteiger partial charge in [0.2, 0.25) is 0 Å². The van der Waals surface area contributed by atoms with Crippen LogP contribution in [0.1, 0.15) is 29.7 Å². The molecule has 0 bridgehead atoms. The van der Waals surface area contributed by atoms with Gasteiger partial charge in [-0.15, -0.1) is 0 Å². The Morgan fingerprint density at radius 2 is 1.70 bits per heavy atom. The van der Waals surface area contributed by atoms with Crippen molar-refractivity contribution in [2.24, 2.45) is 0 Å². The first kappa shape index (κ1) is 16.8. The van der Waals surface area contributed by atoms with Crippen molar-refractivity contribution < 1.29 is 15.0 Å². The predicted octanol–water partition coefficient (Wildman–Crippen LogP) is 2.62. The van der Waals surface area contributed by atoms with Crippen LogP contribution >= 0.6 is 0 Å². The normalized spacial score (nSPS) is 13.2. The van der Waals surface area contributed by atoms with Crippen molar-refractivity contribution in [2.45, 2.75) is 32.5 Å². The Kier molecular flexibility index (Phi) is 5.60. The largest absolute Gasteiger partial charge is 0.508 e. The molecule has 0 aliphatic heterocycles. The molecule has 2 aromatic rings. The van der Waals surface area contributed by atoms with Crippen LogP contribution in [0.2, 0.25) is 0 Å². The zero-order chi connectivity index (χ0) is 16.8. The number of amides is 2. The molecule has 122 valence electrons. The van der Waals surface area contributed by atoms with E-state index in [0.717, 1.165) is 5.56 Å². The second-order valence-corrected chi connectivity index (χ2v) is 5.64. The SMILES string of the molecule is Cc1ccc(CNC(=O)N[C@H](C)[C@H](O)c2ccc(O)cc2)cc1. The molecule has 2 rings (SSSR count). The van der Waals surface area contributed by atoms with Gasteiger partial charge in [0.1, 0.15) is 5.75 Å². The molecule has 5 heteroatoms. The number of aryl methyl sites for hydroxylation is 1. The van der Waals surface area contributed by atoms with Gasteiger partial charge in [-0.2, -0.15) is 0 Å². The van der Waals surface area contributed by atoms with Gasteiger partial charge >= 0.3 is 6.03 Å². The zero-order valence-corrected chi connectivity index (χ0v) is 13.3. The maximum atomic E-state index is 11.9. The average molecular weight is 314 g/mol. The molecular weight excluding hydrogens is 292 g/mol. The van der Waals surface area contributed by atoms with E-state index in [9.17, 15) is 15.0 Å². The van der Waals surface area contributed by atoms with Gasteiger partial charge in [-0.25, -0.2) is 4.79 Å². The number of hydrogen-bond acceptors (Lipinski definition) is 3. The fourth-order valence-corrected chi connectivity index (χ4v) is 2.19. The Morgan fingerprint density at radius 1 is 1.09 bits per heavy atom. The fourth-order valence-electron chi connectivity index (χ4n) is 2.19. The molecule has 23 heavy (non-hydrogen) atoms. The third-order valence-corrected chi connectivity index (χ3v) is 3.64. The molecular formula is C18H22N2O3. The van der Waals surface area contributed by atoms with Crippen LogP contribution in [-0.2, 0) is 6.54 Å².